The summed E-state index contributed by atoms with van der Waals surface area (Å²) in [6.45, 7) is 4.28. The number of rotatable bonds is 1. The van der Waals surface area contributed by atoms with Crippen LogP contribution in [0.3, 0.4) is 0 Å². The van der Waals surface area contributed by atoms with Gasteiger partial charge in [0, 0.05) is 0 Å². The lowest BCUT2D eigenvalue weighted by Crippen LogP contribution is -2.37. The molecule has 5 atom stereocenters. The second-order valence-corrected chi connectivity index (χ2v) is 4.43. The summed E-state index contributed by atoms with van der Waals surface area (Å²) < 4.78 is 21.7. The van der Waals surface area contributed by atoms with Crippen LogP contribution < -0.4 is 0 Å². The van der Waals surface area contributed by atoms with Gasteiger partial charge in [-0.2, -0.15) is 0 Å². The molecule has 14 heavy (non-hydrogen) atoms. The van der Waals surface area contributed by atoms with Crippen LogP contribution in [0.1, 0.15) is 13.8 Å². The van der Waals surface area contributed by atoms with Crippen molar-refractivity contribution in [2.75, 3.05) is 6.61 Å². The molecule has 3 aliphatic rings. The molecule has 0 saturated carbocycles. The molecule has 0 radical (unpaired) electrons. The summed E-state index contributed by atoms with van der Waals surface area (Å²) in [5.74, 6) is -0.661. The van der Waals surface area contributed by atoms with Crippen LogP contribution in [0.25, 0.3) is 0 Å². The van der Waals surface area contributed by atoms with Crippen LogP contribution in [0.5, 0.6) is 0 Å². The van der Waals surface area contributed by atoms with E-state index in [0.717, 1.165) is 0 Å². The minimum Gasteiger partial charge on any atom is -0.387 e. The Morgan fingerprint density at radius 1 is 1.21 bits per heavy atom. The van der Waals surface area contributed by atoms with Crippen molar-refractivity contribution in [3.63, 3.8) is 0 Å². The largest absolute Gasteiger partial charge is 0.387 e. The zero-order valence-electron chi connectivity index (χ0n) is 8.17. The van der Waals surface area contributed by atoms with Crippen molar-refractivity contribution in [3.05, 3.63) is 0 Å². The molecule has 5 nitrogen and oxygen atoms in total. The Kier molecular flexibility index (Phi) is 1.73. The van der Waals surface area contributed by atoms with Gasteiger partial charge in [-0.25, -0.2) is 0 Å². The fourth-order valence-electron chi connectivity index (χ4n) is 2.07. The summed E-state index contributed by atoms with van der Waals surface area (Å²) in [4.78, 5) is 0. The average Bonchev–Trinajstić information content (AvgIpc) is 2.81. The number of aliphatic hydroxyl groups excluding tert-OH is 1. The Labute approximate surface area is 81.9 Å². The van der Waals surface area contributed by atoms with Gasteiger partial charge in [0.25, 0.3) is 0 Å². The third kappa shape index (κ3) is 1.28. The van der Waals surface area contributed by atoms with E-state index in [1.807, 2.05) is 13.8 Å². The van der Waals surface area contributed by atoms with Crippen molar-refractivity contribution in [1.29, 1.82) is 0 Å². The van der Waals surface area contributed by atoms with Gasteiger partial charge in [0.1, 0.15) is 24.4 Å². The smallest absolute Gasteiger partial charge is 0.190 e. The molecule has 0 aromatic carbocycles. The lowest BCUT2D eigenvalue weighted by molar-refractivity contribution is -0.216. The van der Waals surface area contributed by atoms with Crippen LogP contribution in [0.15, 0.2) is 0 Å². The lowest BCUT2D eigenvalue weighted by Gasteiger charge is -2.21. The molecule has 3 aliphatic heterocycles. The first-order valence-electron chi connectivity index (χ1n) is 4.88. The molecule has 5 heteroatoms. The van der Waals surface area contributed by atoms with Gasteiger partial charge in [-0.1, -0.05) is 0 Å². The Bertz CT molecular complexity index is 248. The summed E-state index contributed by atoms with van der Waals surface area (Å²) in [5, 5.41) is 9.89. The lowest BCUT2D eigenvalue weighted by atomic mass is 10.1. The monoisotopic (exact) mass is 202 g/mol. The molecular weight excluding hydrogens is 188 g/mol. The minimum atomic E-state index is -0.661. The molecule has 0 aromatic rings. The van der Waals surface area contributed by atoms with E-state index in [4.69, 9.17) is 18.9 Å². The number of hydrogen-bond acceptors (Lipinski definition) is 5. The first kappa shape index (κ1) is 9.06. The first-order valence-corrected chi connectivity index (χ1v) is 4.88. The Balaban J connectivity index is 1.74. The summed E-state index contributed by atoms with van der Waals surface area (Å²) in [5.41, 5.74) is 0. The van der Waals surface area contributed by atoms with Gasteiger partial charge in [-0.15, -0.1) is 0 Å². The molecule has 0 amide bonds. The van der Waals surface area contributed by atoms with E-state index in [2.05, 4.69) is 0 Å². The second kappa shape index (κ2) is 2.68. The molecule has 3 saturated heterocycles. The van der Waals surface area contributed by atoms with Crippen molar-refractivity contribution in [2.24, 2.45) is 0 Å². The topological polar surface area (TPSA) is 60.5 Å². The van der Waals surface area contributed by atoms with Crippen LogP contribution in [0, 0.1) is 0 Å². The zero-order chi connectivity index (χ0) is 9.92. The molecular formula is C9H14O5. The SMILES string of the molecule is CC1(C)O[C@@H]2O[C@@H]([C@@H]3CO3)[C@@H](O)[C@@H]2O1. The molecule has 0 unspecified atom stereocenters. The van der Waals surface area contributed by atoms with Crippen molar-refractivity contribution >= 4 is 0 Å². The second-order valence-electron chi connectivity index (χ2n) is 4.43. The van der Waals surface area contributed by atoms with E-state index < -0.39 is 18.2 Å². The van der Waals surface area contributed by atoms with E-state index in [1.54, 1.807) is 0 Å². The Morgan fingerprint density at radius 2 is 1.93 bits per heavy atom. The highest BCUT2D eigenvalue weighted by molar-refractivity contribution is 4.98. The van der Waals surface area contributed by atoms with Crippen molar-refractivity contribution in [2.45, 2.75) is 50.3 Å². The Morgan fingerprint density at radius 3 is 2.50 bits per heavy atom. The van der Waals surface area contributed by atoms with Gasteiger partial charge < -0.3 is 24.1 Å². The van der Waals surface area contributed by atoms with E-state index in [0.29, 0.717) is 6.61 Å². The standard InChI is InChI=1S/C9H14O5/c1-9(2)13-7-5(10)6(4-3-11-4)12-8(7)14-9/h4-8,10H,3H2,1-2H3/t4-,5+,6-,7-,8-/m0/s1. The molecule has 1 N–H and O–H groups in total. The maximum absolute atomic E-state index is 9.89. The highest BCUT2D eigenvalue weighted by Crippen LogP contribution is 2.40. The summed E-state index contributed by atoms with van der Waals surface area (Å²) in [6, 6.07) is 0. The van der Waals surface area contributed by atoms with Gasteiger partial charge in [-0.05, 0) is 13.8 Å². The molecule has 0 aromatic heterocycles. The van der Waals surface area contributed by atoms with Crippen molar-refractivity contribution < 1.29 is 24.1 Å². The molecule has 3 fully saturated rings. The number of epoxide rings is 1. The van der Waals surface area contributed by atoms with Crippen LogP contribution in [-0.2, 0) is 18.9 Å². The normalized spacial score (nSPS) is 54.6. The molecule has 0 spiro atoms. The minimum absolute atomic E-state index is 0.0194. The highest BCUT2D eigenvalue weighted by Gasteiger charge is 2.58. The van der Waals surface area contributed by atoms with Gasteiger partial charge in [0.2, 0.25) is 0 Å². The average molecular weight is 202 g/mol. The summed E-state index contributed by atoms with van der Waals surface area (Å²) in [7, 11) is 0. The van der Waals surface area contributed by atoms with E-state index in [-0.39, 0.29) is 18.3 Å². The van der Waals surface area contributed by atoms with E-state index in [1.165, 1.54) is 0 Å². The third-order valence-electron chi connectivity index (χ3n) is 2.78. The number of hydrogen-bond donors (Lipinski definition) is 1. The van der Waals surface area contributed by atoms with Gasteiger partial charge in [0.05, 0.1) is 6.61 Å². The third-order valence-corrected chi connectivity index (χ3v) is 2.78. The van der Waals surface area contributed by atoms with Crippen LogP contribution in [-0.4, -0.2) is 48.2 Å². The Hall–Kier alpha value is -0.200. The molecule has 80 valence electrons. The molecule has 3 rings (SSSR count). The maximum atomic E-state index is 9.89. The predicted molar refractivity (Wildman–Crippen MR) is 44.4 cm³/mol. The van der Waals surface area contributed by atoms with Crippen LogP contribution in [0.4, 0.5) is 0 Å². The number of ether oxygens (including phenoxy) is 4. The van der Waals surface area contributed by atoms with Crippen molar-refractivity contribution in [3.8, 4) is 0 Å². The van der Waals surface area contributed by atoms with Gasteiger partial charge >= 0.3 is 0 Å². The number of aliphatic hydroxyl groups is 1. The zero-order valence-corrected chi connectivity index (χ0v) is 8.17. The highest BCUT2D eigenvalue weighted by atomic mass is 16.8. The summed E-state index contributed by atoms with van der Waals surface area (Å²) in [6.07, 6.45) is -1.74. The summed E-state index contributed by atoms with van der Waals surface area (Å²) >= 11 is 0. The van der Waals surface area contributed by atoms with Gasteiger partial charge in [-0.3, -0.25) is 0 Å². The maximum Gasteiger partial charge on any atom is 0.190 e. The fraction of sp³-hybridized carbons (Fsp3) is 1.00. The van der Waals surface area contributed by atoms with Gasteiger partial charge in [0.15, 0.2) is 12.1 Å². The number of fused-ring (bicyclic) bond motifs is 1. The first-order chi connectivity index (χ1) is 6.57. The van der Waals surface area contributed by atoms with Crippen molar-refractivity contribution in [1.82, 2.24) is 0 Å². The van der Waals surface area contributed by atoms with Crippen LogP contribution in [0.2, 0.25) is 0 Å². The molecule has 0 bridgehead atoms. The fourth-order valence-corrected chi connectivity index (χ4v) is 2.07. The quantitative estimate of drug-likeness (QED) is 0.587. The van der Waals surface area contributed by atoms with E-state index in [9.17, 15) is 5.11 Å². The molecule has 0 aliphatic carbocycles. The van der Waals surface area contributed by atoms with E-state index >= 15 is 0 Å². The predicted octanol–water partition coefficient (Wildman–Crippen LogP) is -0.378. The molecule has 3 heterocycles. The van der Waals surface area contributed by atoms with Crippen LogP contribution >= 0.6 is 0 Å².